The molecule has 1 aromatic heterocycles. The van der Waals surface area contributed by atoms with Crippen LogP contribution in [0.25, 0.3) is 0 Å². The third-order valence-electron chi connectivity index (χ3n) is 2.64. The highest BCUT2D eigenvalue weighted by Gasteiger charge is 2.23. The van der Waals surface area contributed by atoms with Gasteiger partial charge in [-0.25, -0.2) is 13.4 Å². The van der Waals surface area contributed by atoms with Crippen molar-refractivity contribution in [1.29, 1.82) is 0 Å². The minimum atomic E-state index is -3.92. The van der Waals surface area contributed by atoms with Crippen LogP contribution >= 0.6 is 34.5 Å². The number of nitrogen functional groups attached to an aromatic ring is 1. The normalized spacial score (nSPS) is 11.9. The van der Waals surface area contributed by atoms with Crippen molar-refractivity contribution >= 4 is 55.4 Å². The highest BCUT2D eigenvalue weighted by atomic mass is 35.5. The molecule has 5 nitrogen and oxygen atoms in total. The Kier molecular flexibility index (Phi) is 4.67. The van der Waals surface area contributed by atoms with Crippen molar-refractivity contribution in [2.24, 2.45) is 0 Å². The van der Waals surface area contributed by atoms with Crippen LogP contribution in [0.4, 0.5) is 10.8 Å². The molecule has 0 aliphatic heterocycles. The molecule has 0 atom stereocenters. The number of halogens is 2. The summed E-state index contributed by atoms with van der Waals surface area (Å²) in [5, 5.41) is 2.31. The monoisotopic (exact) mass is 365 g/mol. The van der Waals surface area contributed by atoms with E-state index >= 15 is 0 Å². The summed E-state index contributed by atoms with van der Waals surface area (Å²) in [5.74, 6) is 0.212. The number of benzene rings is 1. The number of nitrogens with one attached hydrogen (secondary N) is 1. The maximum atomic E-state index is 12.4. The lowest BCUT2D eigenvalue weighted by Gasteiger charge is -2.10. The molecule has 0 fully saturated rings. The van der Waals surface area contributed by atoms with Gasteiger partial charge in [0.25, 0.3) is 10.0 Å². The van der Waals surface area contributed by atoms with Crippen molar-refractivity contribution in [2.45, 2.75) is 24.7 Å². The third kappa shape index (κ3) is 3.60. The fraction of sp³-hybridized carbons (Fsp3) is 0.250. The molecule has 1 aromatic carbocycles. The number of nitrogens with zero attached hydrogens (tertiary/aromatic N) is 1. The second kappa shape index (κ2) is 6.00. The zero-order valence-corrected chi connectivity index (χ0v) is 14.4. The predicted octanol–water partition coefficient (Wildman–Crippen LogP) is 3.96. The molecule has 0 unspecified atom stereocenters. The molecule has 0 aliphatic rings. The van der Waals surface area contributed by atoms with Gasteiger partial charge < -0.3 is 5.73 Å². The Morgan fingerprint density at radius 1 is 1.33 bits per heavy atom. The summed E-state index contributed by atoms with van der Waals surface area (Å²) in [7, 11) is -3.92. The van der Waals surface area contributed by atoms with Gasteiger partial charge in [0.2, 0.25) is 0 Å². The van der Waals surface area contributed by atoms with E-state index in [1.54, 1.807) is 5.38 Å². The van der Waals surface area contributed by atoms with Crippen molar-refractivity contribution in [3.05, 3.63) is 33.3 Å². The van der Waals surface area contributed by atoms with Crippen LogP contribution in [0.5, 0.6) is 0 Å². The highest BCUT2D eigenvalue weighted by molar-refractivity contribution is 7.93. The van der Waals surface area contributed by atoms with E-state index in [1.807, 2.05) is 13.8 Å². The predicted molar refractivity (Wildman–Crippen MR) is 87.9 cm³/mol. The van der Waals surface area contributed by atoms with Crippen LogP contribution in [-0.4, -0.2) is 13.4 Å². The van der Waals surface area contributed by atoms with Crippen LogP contribution in [0.2, 0.25) is 10.0 Å². The molecule has 0 bridgehead atoms. The Morgan fingerprint density at radius 2 is 2.00 bits per heavy atom. The van der Waals surface area contributed by atoms with Crippen molar-refractivity contribution < 1.29 is 8.42 Å². The van der Waals surface area contributed by atoms with Crippen LogP contribution in [0, 0.1) is 0 Å². The fourth-order valence-corrected chi connectivity index (χ4v) is 4.74. The van der Waals surface area contributed by atoms with Gasteiger partial charge in [-0.3, -0.25) is 4.72 Å². The summed E-state index contributed by atoms with van der Waals surface area (Å²) >= 11 is 12.9. The number of aromatic nitrogens is 1. The average molecular weight is 366 g/mol. The van der Waals surface area contributed by atoms with E-state index in [-0.39, 0.29) is 31.7 Å². The number of nitrogens with two attached hydrogens (primary N) is 1. The quantitative estimate of drug-likeness (QED) is 0.802. The SMILES string of the molecule is CC(C)c1csc(NS(=O)(=O)c2c(N)cc(Cl)cc2Cl)n1. The highest BCUT2D eigenvalue weighted by Crippen LogP contribution is 2.33. The molecule has 9 heteroatoms. The van der Waals surface area contributed by atoms with E-state index < -0.39 is 10.0 Å². The summed E-state index contributed by atoms with van der Waals surface area (Å²) in [6.07, 6.45) is 0. The molecule has 0 spiro atoms. The van der Waals surface area contributed by atoms with Crippen molar-refractivity contribution in [3.63, 3.8) is 0 Å². The molecule has 0 saturated heterocycles. The molecule has 2 aromatic rings. The number of hydrogen-bond donors (Lipinski definition) is 2. The molecule has 0 aliphatic carbocycles. The molecular formula is C12H13Cl2N3O2S2. The Balaban J connectivity index is 2.38. The first-order valence-corrected chi connectivity index (χ1v) is 9.05. The molecule has 21 heavy (non-hydrogen) atoms. The Labute approximate surface area is 137 Å². The van der Waals surface area contributed by atoms with Crippen LogP contribution in [0.15, 0.2) is 22.4 Å². The Hall–Kier alpha value is -1.02. The second-order valence-electron chi connectivity index (χ2n) is 4.64. The number of sulfonamides is 1. The number of hydrogen-bond acceptors (Lipinski definition) is 5. The molecule has 0 saturated carbocycles. The van der Waals surface area contributed by atoms with Crippen LogP contribution in [0.1, 0.15) is 25.5 Å². The average Bonchev–Trinajstić information content (AvgIpc) is 2.74. The van der Waals surface area contributed by atoms with E-state index in [0.29, 0.717) is 0 Å². The van der Waals surface area contributed by atoms with Crippen LogP contribution in [0.3, 0.4) is 0 Å². The molecule has 114 valence electrons. The standard InChI is InChI=1S/C12H13Cl2N3O2S2/c1-6(2)10-5-20-12(16-10)17-21(18,19)11-8(14)3-7(13)4-9(11)15/h3-6H,15H2,1-2H3,(H,16,17). The molecule has 0 amide bonds. The minimum absolute atomic E-state index is 0.0133. The van der Waals surface area contributed by atoms with Gasteiger partial charge in [0.1, 0.15) is 4.90 Å². The smallest absolute Gasteiger partial charge is 0.267 e. The zero-order chi connectivity index (χ0) is 15.8. The van der Waals surface area contributed by atoms with Crippen LogP contribution < -0.4 is 10.5 Å². The number of anilines is 2. The van der Waals surface area contributed by atoms with Gasteiger partial charge in [0.15, 0.2) is 5.13 Å². The summed E-state index contributed by atoms with van der Waals surface area (Å²) in [6, 6.07) is 2.67. The Bertz CT molecular complexity index is 750. The first kappa shape index (κ1) is 16.4. The summed E-state index contributed by atoms with van der Waals surface area (Å²) < 4.78 is 27.1. The third-order valence-corrected chi connectivity index (χ3v) is 5.63. The number of thiazole rings is 1. The van der Waals surface area contributed by atoms with E-state index in [0.717, 1.165) is 5.69 Å². The summed E-state index contributed by atoms with van der Waals surface area (Å²) in [5.41, 5.74) is 6.51. The van der Waals surface area contributed by atoms with Crippen molar-refractivity contribution in [2.75, 3.05) is 10.5 Å². The molecule has 2 rings (SSSR count). The van der Waals surface area contributed by atoms with Gasteiger partial charge in [-0.15, -0.1) is 11.3 Å². The Morgan fingerprint density at radius 3 is 2.52 bits per heavy atom. The van der Waals surface area contributed by atoms with E-state index in [4.69, 9.17) is 28.9 Å². The minimum Gasteiger partial charge on any atom is -0.398 e. The lowest BCUT2D eigenvalue weighted by molar-refractivity contribution is 0.601. The number of rotatable bonds is 4. The second-order valence-corrected chi connectivity index (χ2v) is 7.96. The van der Waals surface area contributed by atoms with Gasteiger partial charge in [0.05, 0.1) is 16.4 Å². The van der Waals surface area contributed by atoms with Gasteiger partial charge in [0, 0.05) is 10.4 Å². The summed E-state index contributed by atoms with van der Waals surface area (Å²) in [6.45, 7) is 3.95. The molecule has 3 N–H and O–H groups in total. The maximum absolute atomic E-state index is 12.4. The fourth-order valence-electron chi connectivity index (χ4n) is 1.63. The largest absolute Gasteiger partial charge is 0.398 e. The molecular weight excluding hydrogens is 353 g/mol. The van der Waals surface area contributed by atoms with Crippen LogP contribution in [-0.2, 0) is 10.0 Å². The van der Waals surface area contributed by atoms with E-state index in [2.05, 4.69) is 9.71 Å². The summed E-state index contributed by atoms with van der Waals surface area (Å²) in [4.78, 5) is 4.02. The topological polar surface area (TPSA) is 85.1 Å². The van der Waals surface area contributed by atoms with Gasteiger partial charge in [-0.1, -0.05) is 37.0 Å². The van der Waals surface area contributed by atoms with Gasteiger partial charge >= 0.3 is 0 Å². The van der Waals surface area contributed by atoms with E-state index in [1.165, 1.54) is 23.5 Å². The van der Waals surface area contributed by atoms with Crippen molar-refractivity contribution in [1.82, 2.24) is 4.98 Å². The first-order chi connectivity index (χ1) is 9.70. The first-order valence-electron chi connectivity index (χ1n) is 5.93. The lowest BCUT2D eigenvalue weighted by atomic mass is 10.2. The van der Waals surface area contributed by atoms with Gasteiger partial charge in [-0.05, 0) is 18.1 Å². The molecule has 1 heterocycles. The van der Waals surface area contributed by atoms with Gasteiger partial charge in [-0.2, -0.15) is 0 Å². The maximum Gasteiger partial charge on any atom is 0.267 e. The lowest BCUT2D eigenvalue weighted by Crippen LogP contribution is -2.15. The molecule has 0 radical (unpaired) electrons. The zero-order valence-electron chi connectivity index (χ0n) is 11.2. The van der Waals surface area contributed by atoms with Crippen molar-refractivity contribution in [3.8, 4) is 0 Å². The van der Waals surface area contributed by atoms with E-state index in [9.17, 15) is 8.42 Å².